The van der Waals surface area contributed by atoms with E-state index >= 15 is 0 Å². The Morgan fingerprint density at radius 1 is 1.26 bits per heavy atom. The summed E-state index contributed by atoms with van der Waals surface area (Å²) in [4.78, 5) is 40.8. The number of amides is 1. The van der Waals surface area contributed by atoms with Gasteiger partial charge in [-0.1, -0.05) is 38.4 Å². The van der Waals surface area contributed by atoms with E-state index in [4.69, 9.17) is 21.6 Å². The highest BCUT2D eigenvalue weighted by molar-refractivity contribution is 6.30. The molecule has 0 bridgehead atoms. The SMILES string of the molecule is CC(C)(C)CC(=O)N1CCC(N=c2cc(Nc3cccc(Cl)c3)nc3c(=Cc4[nH]c(=O)[nH]c4O)cnn23)CC1. The van der Waals surface area contributed by atoms with Crippen molar-refractivity contribution in [3.63, 3.8) is 0 Å². The number of benzene rings is 1. The summed E-state index contributed by atoms with van der Waals surface area (Å²) in [5.41, 5.74) is 1.49. The van der Waals surface area contributed by atoms with Crippen molar-refractivity contribution in [3.05, 3.63) is 68.4 Å². The van der Waals surface area contributed by atoms with Gasteiger partial charge < -0.3 is 20.3 Å². The van der Waals surface area contributed by atoms with Gasteiger partial charge in [-0.3, -0.25) is 14.8 Å². The van der Waals surface area contributed by atoms with Crippen LogP contribution in [0.2, 0.25) is 5.02 Å². The van der Waals surface area contributed by atoms with E-state index in [-0.39, 0.29) is 28.9 Å². The lowest BCUT2D eigenvalue weighted by atomic mass is 9.91. The van der Waals surface area contributed by atoms with Crippen LogP contribution in [0.4, 0.5) is 11.5 Å². The summed E-state index contributed by atoms with van der Waals surface area (Å²) < 4.78 is 1.63. The molecule has 1 fully saturated rings. The first kappa shape index (κ1) is 26.5. The van der Waals surface area contributed by atoms with Gasteiger partial charge >= 0.3 is 5.69 Å². The molecule has 39 heavy (non-hydrogen) atoms. The first-order valence-corrected chi connectivity index (χ1v) is 13.2. The number of nitrogens with zero attached hydrogens (tertiary/aromatic N) is 5. The van der Waals surface area contributed by atoms with Gasteiger partial charge in [-0.25, -0.2) is 9.78 Å². The Bertz CT molecular complexity index is 1690. The van der Waals surface area contributed by atoms with E-state index in [1.807, 2.05) is 23.1 Å². The van der Waals surface area contributed by atoms with Gasteiger partial charge in [0.25, 0.3) is 0 Å². The molecular formula is C27H31ClN8O3. The van der Waals surface area contributed by atoms with Gasteiger partial charge in [-0.2, -0.15) is 9.61 Å². The van der Waals surface area contributed by atoms with Crippen molar-refractivity contribution in [2.45, 2.75) is 46.1 Å². The number of aromatic nitrogens is 5. The number of fused-ring (bicyclic) bond motifs is 1. The van der Waals surface area contributed by atoms with Crippen LogP contribution in [0.1, 0.15) is 45.7 Å². The topological polar surface area (TPSA) is 144 Å². The van der Waals surface area contributed by atoms with Crippen LogP contribution >= 0.6 is 11.6 Å². The lowest BCUT2D eigenvalue weighted by Gasteiger charge is -2.32. The molecule has 1 saturated heterocycles. The molecule has 11 nitrogen and oxygen atoms in total. The second kappa shape index (κ2) is 10.6. The zero-order chi connectivity index (χ0) is 27.7. The summed E-state index contributed by atoms with van der Waals surface area (Å²) in [6, 6.07) is 9.13. The minimum absolute atomic E-state index is 0.00927. The standard InChI is InChI=1S/C27H31ClN8O3/c1-27(2,3)14-23(37)35-9-7-18(8-10-35)31-22-13-21(30-19-6-4-5-17(28)12-19)33-24-16(15-29-36(22)24)11-20-25(38)34-26(39)32-20/h4-6,11-13,15,18,30,38H,7-10,14H2,1-3H3,(H2,32,34,39). The fourth-order valence-electron chi connectivity index (χ4n) is 4.58. The van der Waals surface area contributed by atoms with Crippen molar-refractivity contribution in [2.24, 2.45) is 10.4 Å². The number of H-pyrrole nitrogens is 2. The average Bonchev–Trinajstić information content (AvgIpc) is 3.40. The molecule has 0 aliphatic carbocycles. The Morgan fingerprint density at radius 3 is 2.69 bits per heavy atom. The molecule has 0 saturated carbocycles. The number of carbonyl (C=O) groups is 1. The number of imidazole rings is 1. The van der Waals surface area contributed by atoms with Crippen molar-refractivity contribution in [1.29, 1.82) is 0 Å². The Labute approximate surface area is 229 Å². The average molecular weight is 551 g/mol. The number of piperidine rings is 1. The third-order valence-corrected chi connectivity index (χ3v) is 6.66. The minimum Gasteiger partial charge on any atom is -0.493 e. The van der Waals surface area contributed by atoms with Crippen LogP contribution in [0.5, 0.6) is 5.88 Å². The summed E-state index contributed by atoms with van der Waals surface area (Å²) in [5, 5.41) is 19.0. The number of nitrogens with one attached hydrogen (secondary N) is 3. The van der Waals surface area contributed by atoms with E-state index < -0.39 is 5.69 Å². The van der Waals surface area contributed by atoms with E-state index in [1.165, 1.54) is 0 Å². The molecule has 5 rings (SSSR count). The van der Waals surface area contributed by atoms with Gasteiger partial charge in [0.2, 0.25) is 11.8 Å². The molecule has 204 valence electrons. The summed E-state index contributed by atoms with van der Waals surface area (Å²) in [6.07, 6.45) is 5.20. The summed E-state index contributed by atoms with van der Waals surface area (Å²) in [5.74, 6) is 0.437. The summed E-state index contributed by atoms with van der Waals surface area (Å²) in [6.45, 7) is 7.52. The van der Waals surface area contributed by atoms with Crippen molar-refractivity contribution in [1.82, 2.24) is 29.5 Å². The number of likely N-dealkylation sites (tertiary alicyclic amines) is 1. The number of aromatic amines is 2. The third-order valence-electron chi connectivity index (χ3n) is 6.43. The highest BCUT2D eigenvalue weighted by atomic mass is 35.5. The molecule has 1 aromatic carbocycles. The maximum absolute atomic E-state index is 12.7. The van der Waals surface area contributed by atoms with Crippen LogP contribution in [-0.4, -0.2) is 59.6 Å². The molecule has 4 aromatic rings. The largest absolute Gasteiger partial charge is 0.493 e. The lowest BCUT2D eigenvalue weighted by molar-refractivity contribution is -0.134. The number of aromatic hydroxyl groups is 1. The molecular weight excluding hydrogens is 520 g/mol. The first-order chi connectivity index (χ1) is 18.5. The van der Waals surface area contributed by atoms with E-state index in [0.717, 1.165) is 18.5 Å². The predicted octanol–water partition coefficient (Wildman–Crippen LogP) is 2.72. The monoisotopic (exact) mass is 550 g/mol. The Morgan fingerprint density at radius 2 is 2.03 bits per heavy atom. The maximum atomic E-state index is 12.7. The van der Waals surface area contributed by atoms with Crippen molar-refractivity contribution < 1.29 is 9.90 Å². The van der Waals surface area contributed by atoms with Gasteiger partial charge in [-0.05, 0) is 42.5 Å². The fraction of sp³-hybridized carbons (Fsp3) is 0.370. The number of anilines is 2. The van der Waals surface area contributed by atoms with Crippen LogP contribution < -0.4 is 21.7 Å². The first-order valence-electron chi connectivity index (χ1n) is 12.8. The van der Waals surface area contributed by atoms with Gasteiger partial charge in [0.05, 0.1) is 12.2 Å². The second-order valence-corrected chi connectivity index (χ2v) is 11.4. The molecule has 0 unspecified atom stereocenters. The van der Waals surface area contributed by atoms with E-state index in [1.54, 1.807) is 28.9 Å². The van der Waals surface area contributed by atoms with Gasteiger partial charge in [-0.15, -0.1) is 0 Å². The summed E-state index contributed by atoms with van der Waals surface area (Å²) >= 11 is 6.17. The van der Waals surface area contributed by atoms with Gasteiger partial charge in [0, 0.05) is 41.5 Å². The highest BCUT2D eigenvalue weighted by Gasteiger charge is 2.25. The number of rotatable bonds is 5. The Kier molecular flexibility index (Phi) is 7.17. The van der Waals surface area contributed by atoms with E-state index in [2.05, 4.69) is 41.2 Å². The van der Waals surface area contributed by atoms with E-state index in [9.17, 15) is 14.7 Å². The van der Waals surface area contributed by atoms with Crippen LogP contribution in [-0.2, 0) is 4.79 Å². The van der Waals surface area contributed by atoms with Crippen molar-refractivity contribution in [2.75, 3.05) is 18.4 Å². The van der Waals surface area contributed by atoms with Gasteiger partial charge in [0.15, 0.2) is 11.1 Å². The maximum Gasteiger partial charge on any atom is 0.326 e. The van der Waals surface area contributed by atoms with Crippen LogP contribution in [0.25, 0.3) is 11.7 Å². The number of hydrogen-bond acceptors (Lipinski definition) is 7. The number of halogens is 1. The van der Waals surface area contributed by atoms with Crippen LogP contribution in [0.15, 0.2) is 46.3 Å². The van der Waals surface area contributed by atoms with Crippen molar-refractivity contribution in [3.8, 4) is 5.88 Å². The molecule has 0 atom stereocenters. The van der Waals surface area contributed by atoms with Crippen LogP contribution in [0, 0.1) is 5.41 Å². The van der Waals surface area contributed by atoms with E-state index in [0.29, 0.717) is 46.7 Å². The molecule has 3 aromatic heterocycles. The normalized spacial score (nSPS) is 15.8. The number of carbonyl (C=O) groups excluding carboxylic acids is 1. The number of hydrogen-bond donors (Lipinski definition) is 4. The molecule has 0 radical (unpaired) electrons. The molecule has 1 aliphatic heterocycles. The Balaban J connectivity index is 1.51. The molecule has 4 N–H and O–H groups in total. The van der Waals surface area contributed by atoms with Crippen LogP contribution in [0.3, 0.4) is 0 Å². The predicted molar refractivity (Wildman–Crippen MR) is 149 cm³/mol. The molecule has 12 heteroatoms. The quantitative estimate of drug-likeness (QED) is 0.301. The van der Waals surface area contributed by atoms with Gasteiger partial charge in [0.1, 0.15) is 11.5 Å². The fourth-order valence-corrected chi connectivity index (χ4v) is 4.77. The lowest BCUT2D eigenvalue weighted by Crippen LogP contribution is -2.41. The smallest absolute Gasteiger partial charge is 0.326 e. The third kappa shape index (κ3) is 6.31. The second-order valence-electron chi connectivity index (χ2n) is 10.9. The zero-order valence-electron chi connectivity index (χ0n) is 22.0. The zero-order valence-corrected chi connectivity index (χ0v) is 22.8. The van der Waals surface area contributed by atoms with Crippen molar-refractivity contribution >= 4 is 40.7 Å². The highest BCUT2D eigenvalue weighted by Crippen LogP contribution is 2.22. The molecule has 1 amide bonds. The molecule has 1 aliphatic rings. The molecule has 0 spiro atoms. The molecule has 4 heterocycles. The summed E-state index contributed by atoms with van der Waals surface area (Å²) in [7, 11) is 0. The minimum atomic E-state index is -0.519. The Hall–Kier alpha value is -4.12.